The van der Waals surface area contributed by atoms with E-state index in [0.717, 1.165) is 16.8 Å². The minimum Gasteiger partial charge on any atom is -0.406 e. The van der Waals surface area contributed by atoms with Crippen LogP contribution in [0.5, 0.6) is 5.75 Å². The van der Waals surface area contributed by atoms with E-state index in [2.05, 4.69) is 15.8 Å². The summed E-state index contributed by atoms with van der Waals surface area (Å²) in [6.07, 6.45) is 4.70. The van der Waals surface area contributed by atoms with Crippen LogP contribution in [0.15, 0.2) is 67.1 Å². The van der Waals surface area contributed by atoms with Gasteiger partial charge in [0, 0.05) is 30.8 Å². The van der Waals surface area contributed by atoms with Crippen molar-refractivity contribution in [3.05, 3.63) is 72.7 Å². The summed E-state index contributed by atoms with van der Waals surface area (Å²) in [6.45, 7) is 0.633. The quantitative estimate of drug-likeness (QED) is 0.839. The van der Waals surface area contributed by atoms with Crippen LogP contribution in [0.25, 0.3) is 5.57 Å². The molecule has 1 aromatic heterocycles. The van der Waals surface area contributed by atoms with Crippen LogP contribution >= 0.6 is 0 Å². The third-order valence-electron chi connectivity index (χ3n) is 3.36. The number of hydrogen-bond acceptors (Lipinski definition) is 3. The first kappa shape index (κ1) is 15.1. The van der Waals surface area contributed by atoms with Gasteiger partial charge in [0.2, 0.25) is 0 Å². The second-order valence-corrected chi connectivity index (χ2v) is 4.91. The molecule has 1 aliphatic heterocycles. The van der Waals surface area contributed by atoms with Gasteiger partial charge in [0.05, 0.1) is 0 Å². The molecule has 0 saturated carbocycles. The summed E-state index contributed by atoms with van der Waals surface area (Å²) in [4.78, 5) is 5.92. The number of rotatable bonds is 3. The van der Waals surface area contributed by atoms with Crippen molar-refractivity contribution >= 4 is 11.3 Å². The molecule has 0 radical (unpaired) electrons. The van der Waals surface area contributed by atoms with Crippen LogP contribution in [-0.2, 0) is 0 Å². The molecule has 23 heavy (non-hydrogen) atoms. The average Bonchev–Trinajstić information content (AvgIpc) is 2.55. The van der Waals surface area contributed by atoms with Crippen LogP contribution in [0.1, 0.15) is 5.56 Å². The lowest BCUT2D eigenvalue weighted by Crippen LogP contribution is -2.19. The van der Waals surface area contributed by atoms with E-state index in [-0.39, 0.29) is 5.75 Å². The van der Waals surface area contributed by atoms with E-state index in [1.54, 1.807) is 24.5 Å². The van der Waals surface area contributed by atoms with Crippen LogP contribution in [0.4, 0.5) is 18.9 Å². The Balaban J connectivity index is 1.68. The number of ether oxygens (including phenoxy) is 1. The Morgan fingerprint density at radius 3 is 2.26 bits per heavy atom. The lowest BCUT2D eigenvalue weighted by Gasteiger charge is -2.23. The number of benzene rings is 1. The number of halogens is 3. The van der Waals surface area contributed by atoms with Crippen molar-refractivity contribution in [3.8, 4) is 5.75 Å². The molecule has 0 fully saturated rings. The minimum atomic E-state index is -4.67. The molecule has 3 nitrogen and oxygen atoms in total. The van der Waals surface area contributed by atoms with Gasteiger partial charge < -0.3 is 9.64 Å². The molecular weight excluding hydrogens is 305 g/mol. The fraction of sp³-hybridized carbons (Fsp3) is 0.118. The maximum Gasteiger partial charge on any atom is 0.573 e. The van der Waals surface area contributed by atoms with Crippen molar-refractivity contribution in [1.82, 2.24) is 4.98 Å². The van der Waals surface area contributed by atoms with Gasteiger partial charge in [0.25, 0.3) is 0 Å². The standard InChI is InChI=1S/C17H13F3N2O/c18-17(19,20)23-16-3-1-15(2-4-16)22-11-7-14(8-12-22)13-5-9-21-10-6-13/h1-11H,12H2. The van der Waals surface area contributed by atoms with Gasteiger partial charge in [-0.05, 0) is 53.6 Å². The Kier molecular flexibility index (Phi) is 4.06. The molecule has 118 valence electrons. The first-order chi connectivity index (χ1) is 11.0. The first-order valence-electron chi connectivity index (χ1n) is 6.92. The van der Waals surface area contributed by atoms with Gasteiger partial charge in [-0.3, -0.25) is 4.98 Å². The average molecular weight is 318 g/mol. The van der Waals surface area contributed by atoms with Crippen LogP contribution in [0, 0.1) is 0 Å². The number of pyridine rings is 1. The summed E-state index contributed by atoms with van der Waals surface area (Å²) in [6, 6.07) is 9.65. The Morgan fingerprint density at radius 2 is 1.70 bits per heavy atom. The van der Waals surface area contributed by atoms with Gasteiger partial charge >= 0.3 is 6.36 Å². The van der Waals surface area contributed by atoms with Crippen LogP contribution < -0.4 is 9.64 Å². The summed E-state index contributed by atoms with van der Waals surface area (Å²) in [5, 5.41) is 0. The highest BCUT2D eigenvalue weighted by Gasteiger charge is 2.31. The Hall–Kier alpha value is -2.76. The molecule has 6 heteroatoms. The van der Waals surface area contributed by atoms with E-state index in [1.165, 1.54) is 12.1 Å². The Morgan fingerprint density at radius 1 is 1.00 bits per heavy atom. The minimum absolute atomic E-state index is 0.227. The third-order valence-corrected chi connectivity index (χ3v) is 3.36. The second-order valence-electron chi connectivity index (χ2n) is 4.91. The van der Waals surface area contributed by atoms with Crippen molar-refractivity contribution in [1.29, 1.82) is 0 Å². The van der Waals surface area contributed by atoms with E-state index in [4.69, 9.17) is 0 Å². The van der Waals surface area contributed by atoms with E-state index in [0.29, 0.717) is 6.54 Å². The molecule has 0 spiro atoms. The van der Waals surface area contributed by atoms with E-state index >= 15 is 0 Å². The maximum atomic E-state index is 12.1. The largest absolute Gasteiger partial charge is 0.573 e. The first-order valence-corrected chi connectivity index (χ1v) is 6.92. The normalized spacial score (nSPS) is 14.6. The smallest absolute Gasteiger partial charge is 0.406 e. The molecular formula is C17H13F3N2O. The number of nitrogens with zero attached hydrogens (tertiary/aromatic N) is 2. The summed E-state index contributed by atoms with van der Waals surface area (Å²) >= 11 is 0. The summed E-state index contributed by atoms with van der Waals surface area (Å²) in [5.41, 5.74) is 2.95. The van der Waals surface area contributed by atoms with Crippen LogP contribution in [0.3, 0.4) is 0 Å². The van der Waals surface area contributed by atoms with Crippen molar-refractivity contribution < 1.29 is 17.9 Å². The van der Waals surface area contributed by atoms with Gasteiger partial charge in [0.15, 0.2) is 0 Å². The van der Waals surface area contributed by atoms with Gasteiger partial charge in [-0.2, -0.15) is 0 Å². The Labute approximate surface area is 131 Å². The molecule has 0 saturated heterocycles. The topological polar surface area (TPSA) is 25.4 Å². The monoisotopic (exact) mass is 318 g/mol. The molecule has 0 amide bonds. The van der Waals surface area contributed by atoms with Crippen LogP contribution in [-0.4, -0.2) is 17.9 Å². The van der Waals surface area contributed by atoms with Gasteiger partial charge in [-0.25, -0.2) is 0 Å². The number of allylic oxidation sites excluding steroid dienone is 2. The van der Waals surface area contributed by atoms with E-state index < -0.39 is 6.36 Å². The zero-order valence-electron chi connectivity index (χ0n) is 12.0. The predicted octanol–water partition coefficient (Wildman–Crippen LogP) is 4.40. The third kappa shape index (κ3) is 3.91. The van der Waals surface area contributed by atoms with Crippen LogP contribution in [0.2, 0.25) is 0 Å². The summed E-state index contributed by atoms with van der Waals surface area (Å²) < 4.78 is 40.3. The van der Waals surface area contributed by atoms with Gasteiger partial charge in [-0.1, -0.05) is 6.08 Å². The van der Waals surface area contributed by atoms with E-state index in [1.807, 2.05) is 29.3 Å². The number of aromatic nitrogens is 1. The number of anilines is 1. The lowest BCUT2D eigenvalue weighted by atomic mass is 10.1. The maximum absolute atomic E-state index is 12.1. The highest BCUT2D eigenvalue weighted by atomic mass is 19.4. The summed E-state index contributed by atoms with van der Waals surface area (Å²) in [5.74, 6) is -0.227. The highest BCUT2D eigenvalue weighted by molar-refractivity contribution is 5.76. The zero-order valence-corrected chi connectivity index (χ0v) is 12.0. The second kappa shape index (κ2) is 6.16. The number of hydrogen-bond donors (Lipinski definition) is 0. The highest BCUT2D eigenvalue weighted by Crippen LogP contribution is 2.27. The molecule has 0 N–H and O–H groups in total. The van der Waals surface area contributed by atoms with Crippen molar-refractivity contribution in [2.75, 3.05) is 11.4 Å². The molecule has 3 rings (SSSR count). The Bertz CT molecular complexity index is 722. The SMILES string of the molecule is FC(F)(F)Oc1ccc(N2C=CC(c3ccncc3)=CC2)cc1. The molecule has 0 aliphatic carbocycles. The fourth-order valence-electron chi connectivity index (χ4n) is 2.29. The molecule has 2 aromatic rings. The fourth-order valence-corrected chi connectivity index (χ4v) is 2.29. The molecule has 1 aliphatic rings. The lowest BCUT2D eigenvalue weighted by molar-refractivity contribution is -0.274. The molecule has 0 bridgehead atoms. The molecule has 2 heterocycles. The number of alkyl halides is 3. The molecule has 0 unspecified atom stereocenters. The van der Waals surface area contributed by atoms with Crippen molar-refractivity contribution in [3.63, 3.8) is 0 Å². The molecule has 0 atom stereocenters. The van der Waals surface area contributed by atoms with Gasteiger partial charge in [-0.15, -0.1) is 13.2 Å². The predicted molar refractivity (Wildman–Crippen MR) is 81.8 cm³/mol. The summed E-state index contributed by atoms with van der Waals surface area (Å²) in [7, 11) is 0. The van der Waals surface area contributed by atoms with Gasteiger partial charge in [0.1, 0.15) is 5.75 Å². The zero-order chi connectivity index (χ0) is 16.3. The van der Waals surface area contributed by atoms with E-state index in [9.17, 15) is 13.2 Å². The van der Waals surface area contributed by atoms with Crippen molar-refractivity contribution in [2.45, 2.75) is 6.36 Å². The van der Waals surface area contributed by atoms with Crippen molar-refractivity contribution in [2.24, 2.45) is 0 Å². The molecule has 1 aromatic carbocycles.